The third kappa shape index (κ3) is 2.14. The van der Waals surface area contributed by atoms with Crippen LogP contribution in [-0.4, -0.2) is 21.0 Å². The molecule has 0 aliphatic rings. The largest absolute Gasteiger partial charge is 0.493 e. The molecule has 0 fully saturated rings. The SMILES string of the molecule is O=C(N=Nc1c(O)[nH]c2ccccc12)c1ccncc1. The summed E-state index contributed by atoms with van der Waals surface area (Å²) in [5.74, 6) is -0.602. The van der Waals surface area contributed by atoms with E-state index in [1.807, 2.05) is 12.1 Å². The van der Waals surface area contributed by atoms with Gasteiger partial charge in [-0.2, -0.15) is 0 Å². The third-order valence-electron chi connectivity index (χ3n) is 2.83. The van der Waals surface area contributed by atoms with Gasteiger partial charge in [0.15, 0.2) is 5.69 Å². The van der Waals surface area contributed by atoms with E-state index in [2.05, 4.69) is 20.2 Å². The number of hydrogen-bond acceptors (Lipinski definition) is 4. The first-order valence-corrected chi connectivity index (χ1v) is 5.91. The average Bonchev–Trinajstić information content (AvgIpc) is 2.81. The number of aromatic nitrogens is 2. The fourth-order valence-electron chi connectivity index (χ4n) is 1.86. The van der Waals surface area contributed by atoms with Crippen molar-refractivity contribution >= 4 is 22.5 Å². The van der Waals surface area contributed by atoms with Crippen LogP contribution in [0.4, 0.5) is 5.69 Å². The lowest BCUT2D eigenvalue weighted by atomic mass is 10.2. The van der Waals surface area contributed by atoms with Gasteiger partial charge in [-0.25, -0.2) is 0 Å². The normalized spacial score (nSPS) is 11.2. The molecule has 0 radical (unpaired) electrons. The molecule has 0 aliphatic heterocycles. The zero-order valence-electron chi connectivity index (χ0n) is 10.3. The Labute approximate surface area is 113 Å². The first kappa shape index (κ1) is 12.0. The number of nitrogens with one attached hydrogen (secondary N) is 1. The molecule has 0 spiro atoms. The minimum absolute atomic E-state index is 0.113. The second-order valence-corrected chi connectivity index (χ2v) is 4.11. The molecule has 98 valence electrons. The van der Waals surface area contributed by atoms with Crippen LogP contribution in [0.25, 0.3) is 10.9 Å². The molecule has 2 heterocycles. The van der Waals surface area contributed by atoms with Gasteiger partial charge in [-0.1, -0.05) is 18.2 Å². The summed E-state index contributed by atoms with van der Waals surface area (Å²) in [7, 11) is 0. The number of para-hydroxylation sites is 1. The van der Waals surface area contributed by atoms with Gasteiger partial charge < -0.3 is 10.1 Å². The van der Waals surface area contributed by atoms with Crippen LogP contribution in [0, 0.1) is 0 Å². The van der Waals surface area contributed by atoms with E-state index in [0.29, 0.717) is 10.9 Å². The standard InChI is InChI=1S/C14H10N4O2/c19-13(9-5-7-15-8-6-9)18-17-12-10-3-1-2-4-11(10)16-14(12)20/h1-8,16,20H. The minimum Gasteiger partial charge on any atom is -0.493 e. The van der Waals surface area contributed by atoms with Crippen molar-refractivity contribution in [3.63, 3.8) is 0 Å². The van der Waals surface area contributed by atoms with Gasteiger partial charge in [0.25, 0.3) is 5.91 Å². The van der Waals surface area contributed by atoms with Crippen LogP contribution < -0.4 is 0 Å². The van der Waals surface area contributed by atoms with Gasteiger partial charge in [-0.05, 0) is 18.2 Å². The van der Waals surface area contributed by atoms with Crippen molar-refractivity contribution < 1.29 is 9.90 Å². The number of benzene rings is 1. The highest BCUT2D eigenvalue weighted by Crippen LogP contribution is 2.35. The number of aromatic amines is 1. The Morgan fingerprint density at radius 1 is 1.15 bits per heavy atom. The van der Waals surface area contributed by atoms with Crippen LogP contribution >= 0.6 is 0 Å². The van der Waals surface area contributed by atoms with E-state index in [-0.39, 0.29) is 11.6 Å². The second kappa shape index (κ2) is 4.93. The molecular weight excluding hydrogens is 256 g/mol. The maximum absolute atomic E-state index is 11.8. The van der Waals surface area contributed by atoms with Gasteiger partial charge in [0.05, 0.1) is 5.52 Å². The number of aromatic hydroxyl groups is 1. The number of pyridine rings is 1. The van der Waals surface area contributed by atoms with Gasteiger partial charge in [-0.15, -0.1) is 10.2 Å². The van der Waals surface area contributed by atoms with Crippen molar-refractivity contribution in [3.8, 4) is 5.88 Å². The Kier molecular flexibility index (Phi) is 2.96. The Bertz CT molecular complexity index is 793. The van der Waals surface area contributed by atoms with Crippen LogP contribution in [0.15, 0.2) is 59.0 Å². The fourth-order valence-corrected chi connectivity index (χ4v) is 1.86. The molecule has 0 saturated heterocycles. The molecule has 1 aromatic carbocycles. The van der Waals surface area contributed by atoms with Crippen LogP contribution in [0.1, 0.15) is 10.4 Å². The lowest BCUT2D eigenvalue weighted by Gasteiger charge is -1.93. The predicted molar refractivity (Wildman–Crippen MR) is 73.0 cm³/mol. The number of amides is 1. The van der Waals surface area contributed by atoms with E-state index in [1.54, 1.807) is 24.3 Å². The third-order valence-corrected chi connectivity index (χ3v) is 2.83. The molecule has 3 aromatic rings. The zero-order valence-corrected chi connectivity index (χ0v) is 10.3. The quantitative estimate of drug-likeness (QED) is 0.698. The Morgan fingerprint density at radius 2 is 1.90 bits per heavy atom. The maximum Gasteiger partial charge on any atom is 0.295 e. The molecule has 20 heavy (non-hydrogen) atoms. The smallest absolute Gasteiger partial charge is 0.295 e. The molecule has 0 atom stereocenters. The summed E-state index contributed by atoms with van der Waals surface area (Å²) in [5, 5.41) is 18.0. The van der Waals surface area contributed by atoms with E-state index in [0.717, 1.165) is 5.52 Å². The maximum atomic E-state index is 11.8. The van der Waals surface area contributed by atoms with Crippen molar-refractivity contribution in [2.45, 2.75) is 0 Å². The Balaban J connectivity index is 1.95. The van der Waals surface area contributed by atoms with E-state index >= 15 is 0 Å². The van der Waals surface area contributed by atoms with Crippen molar-refractivity contribution in [2.24, 2.45) is 10.2 Å². The Morgan fingerprint density at radius 3 is 2.70 bits per heavy atom. The zero-order chi connectivity index (χ0) is 13.9. The first-order valence-electron chi connectivity index (χ1n) is 5.91. The number of fused-ring (bicyclic) bond motifs is 1. The molecule has 0 unspecified atom stereocenters. The van der Waals surface area contributed by atoms with E-state index in [4.69, 9.17) is 0 Å². The fraction of sp³-hybridized carbons (Fsp3) is 0. The molecule has 2 aromatic heterocycles. The monoisotopic (exact) mass is 266 g/mol. The molecular formula is C14H10N4O2. The van der Waals surface area contributed by atoms with Gasteiger partial charge in [0.1, 0.15) is 0 Å². The number of H-pyrrole nitrogens is 1. The molecule has 6 heteroatoms. The van der Waals surface area contributed by atoms with Crippen molar-refractivity contribution in [2.75, 3.05) is 0 Å². The van der Waals surface area contributed by atoms with Gasteiger partial charge in [-0.3, -0.25) is 9.78 Å². The topological polar surface area (TPSA) is 90.7 Å². The molecule has 1 amide bonds. The summed E-state index contributed by atoms with van der Waals surface area (Å²) in [6.07, 6.45) is 3.01. The second-order valence-electron chi connectivity index (χ2n) is 4.11. The van der Waals surface area contributed by atoms with Gasteiger partial charge in [0.2, 0.25) is 5.88 Å². The molecule has 0 bridgehead atoms. The molecule has 0 aliphatic carbocycles. The predicted octanol–water partition coefficient (Wildman–Crippen LogP) is 3.19. The average molecular weight is 266 g/mol. The number of rotatable bonds is 2. The molecule has 6 nitrogen and oxygen atoms in total. The lowest BCUT2D eigenvalue weighted by Crippen LogP contribution is -1.92. The highest BCUT2D eigenvalue weighted by Gasteiger charge is 2.10. The molecule has 3 rings (SSSR count). The van der Waals surface area contributed by atoms with Crippen LogP contribution in [-0.2, 0) is 0 Å². The molecule has 2 N–H and O–H groups in total. The van der Waals surface area contributed by atoms with E-state index in [9.17, 15) is 9.90 Å². The van der Waals surface area contributed by atoms with Crippen LogP contribution in [0.2, 0.25) is 0 Å². The summed E-state index contributed by atoms with van der Waals surface area (Å²) in [6, 6.07) is 10.4. The van der Waals surface area contributed by atoms with E-state index < -0.39 is 5.91 Å². The number of nitrogens with zero attached hydrogens (tertiary/aromatic N) is 3. The summed E-state index contributed by atoms with van der Waals surface area (Å²) in [6.45, 7) is 0. The first-order chi connectivity index (χ1) is 9.75. The van der Waals surface area contributed by atoms with Crippen LogP contribution in [0.3, 0.4) is 0 Å². The van der Waals surface area contributed by atoms with Gasteiger partial charge in [0, 0.05) is 23.3 Å². The van der Waals surface area contributed by atoms with Crippen molar-refractivity contribution in [1.82, 2.24) is 9.97 Å². The van der Waals surface area contributed by atoms with E-state index in [1.165, 1.54) is 12.4 Å². The summed E-state index contributed by atoms with van der Waals surface area (Å²) in [5.41, 5.74) is 1.38. The highest BCUT2D eigenvalue weighted by molar-refractivity contribution is 5.96. The van der Waals surface area contributed by atoms with Gasteiger partial charge >= 0.3 is 0 Å². The summed E-state index contributed by atoms with van der Waals surface area (Å²) in [4.78, 5) is 18.4. The lowest BCUT2D eigenvalue weighted by molar-refractivity contribution is 0.0995. The van der Waals surface area contributed by atoms with Crippen molar-refractivity contribution in [1.29, 1.82) is 0 Å². The summed E-state index contributed by atoms with van der Waals surface area (Å²) >= 11 is 0. The Hall–Kier alpha value is -3.02. The number of carbonyl (C=O) groups excluding carboxylic acids is 1. The number of carbonyl (C=O) groups is 1. The number of hydrogen-bond donors (Lipinski definition) is 2. The highest BCUT2D eigenvalue weighted by atomic mass is 16.3. The van der Waals surface area contributed by atoms with Crippen LogP contribution in [0.5, 0.6) is 5.88 Å². The molecule has 0 saturated carbocycles. The summed E-state index contributed by atoms with van der Waals surface area (Å²) < 4.78 is 0. The van der Waals surface area contributed by atoms with Crippen molar-refractivity contribution in [3.05, 3.63) is 54.4 Å². The minimum atomic E-state index is -0.489. The number of azo groups is 1.